The van der Waals surface area contributed by atoms with Crippen LogP contribution in [-0.4, -0.2) is 49.8 Å². The normalized spacial score (nSPS) is 12.1. The van der Waals surface area contributed by atoms with Gasteiger partial charge in [-0.15, -0.1) is 4.31 Å². The van der Waals surface area contributed by atoms with Crippen LogP contribution in [0.1, 0.15) is 27.2 Å². The van der Waals surface area contributed by atoms with Gasteiger partial charge in [0.05, 0.1) is 6.10 Å². The molecule has 0 heterocycles. The van der Waals surface area contributed by atoms with E-state index in [2.05, 4.69) is 4.18 Å². The van der Waals surface area contributed by atoms with Crippen LogP contribution in [0.15, 0.2) is 0 Å². The molecule has 102 valence electrons. The fourth-order valence-corrected chi connectivity index (χ4v) is 1.91. The zero-order valence-corrected chi connectivity index (χ0v) is 11.1. The van der Waals surface area contributed by atoms with Gasteiger partial charge in [-0.2, -0.15) is 8.42 Å². The maximum absolute atomic E-state index is 11.6. The first-order valence-corrected chi connectivity index (χ1v) is 6.64. The minimum atomic E-state index is -4.19. The maximum atomic E-state index is 11.6. The summed E-state index contributed by atoms with van der Waals surface area (Å²) < 4.78 is 33.4. The summed E-state index contributed by atoms with van der Waals surface area (Å²) in [6.07, 6.45) is 0.412. The van der Waals surface area contributed by atoms with Gasteiger partial charge < -0.3 is 14.0 Å². The van der Waals surface area contributed by atoms with Gasteiger partial charge in [-0.1, -0.05) is 6.92 Å². The summed E-state index contributed by atoms with van der Waals surface area (Å²) in [6.45, 7) is 4.31. The Morgan fingerprint density at radius 1 is 1.41 bits per heavy atom. The number of hydrogen-bond acceptors (Lipinski definition) is 6. The second-order valence-electron chi connectivity index (χ2n) is 3.59. The molecule has 0 aromatic rings. The average Bonchev–Trinajstić information content (AvgIpc) is 2.22. The third-order valence-electron chi connectivity index (χ3n) is 1.67. The number of carbonyl (C=O) groups excluding carboxylic acids is 1. The number of rotatable bonds is 8. The first-order chi connectivity index (χ1) is 7.83. The Morgan fingerprint density at radius 3 is 2.41 bits per heavy atom. The van der Waals surface area contributed by atoms with E-state index in [0.717, 1.165) is 4.31 Å². The number of aliphatic hydroxyl groups is 1. The second-order valence-corrected chi connectivity index (χ2v) is 5.13. The van der Waals surface area contributed by atoms with E-state index in [1.165, 1.54) is 0 Å². The Balaban J connectivity index is 4.60. The largest absolute Gasteiger partial charge is 0.389 e. The lowest BCUT2D eigenvalue weighted by Crippen LogP contribution is -2.37. The van der Waals surface area contributed by atoms with Crippen molar-refractivity contribution in [3.05, 3.63) is 0 Å². The highest BCUT2D eigenvalue weighted by molar-refractivity contribution is 7.84. The van der Waals surface area contributed by atoms with Gasteiger partial charge in [0.1, 0.15) is 13.3 Å². The molecule has 0 saturated heterocycles. The molecule has 0 radical (unpaired) electrons. The molecule has 0 aliphatic rings. The van der Waals surface area contributed by atoms with Crippen LogP contribution in [0.25, 0.3) is 0 Å². The van der Waals surface area contributed by atoms with Crippen LogP contribution >= 0.6 is 0 Å². The summed E-state index contributed by atoms with van der Waals surface area (Å²) in [5.41, 5.74) is 0. The number of ether oxygens (including phenoxy) is 1. The average molecular weight is 269 g/mol. The van der Waals surface area contributed by atoms with Gasteiger partial charge in [-0.05, 0) is 20.3 Å². The van der Waals surface area contributed by atoms with Crippen LogP contribution < -0.4 is 0 Å². The molecule has 0 aliphatic heterocycles. The Bertz CT molecular complexity index is 326. The van der Waals surface area contributed by atoms with Gasteiger partial charge in [0.25, 0.3) is 0 Å². The van der Waals surface area contributed by atoms with Crippen LogP contribution in [0.3, 0.4) is 0 Å². The predicted octanol–water partition coefficient (Wildman–Crippen LogP) is -0.139. The lowest BCUT2D eigenvalue weighted by atomic mass is 10.5. The minimum Gasteiger partial charge on any atom is -0.385 e. The standard InChI is InChI=1S/C9H19NO6S/c1-4-5-10(7-15-8(2)3)17(13,14)16-9(12)6-11/h8,11H,4-7H2,1-3H3. The van der Waals surface area contributed by atoms with Crippen LogP contribution in [0.2, 0.25) is 0 Å². The third kappa shape index (κ3) is 6.57. The third-order valence-corrected chi connectivity index (χ3v) is 2.99. The molecule has 0 fully saturated rings. The van der Waals surface area contributed by atoms with Gasteiger partial charge >= 0.3 is 16.3 Å². The van der Waals surface area contributed by atoms with Crippen molar-refractivity contribution in [3.63, 3.8) is 0 Å². The summed E-state index contributed by atoms with van der Waals surface area (Å²) in [4.78, 5) is 10.8. The summed E-state index contributed by atoms with van der Waals surface area (Å²) >= 11 is 0. The van der Waals surface area contributed by atoms with Crippen molar-refractivity contribution >= 4 is 16.3 Å². The summed E-state index contributed by atoms with van der Waals surface area (Å²) in [7, 11) is -4.19. The Labute approximate surface area is 102 Å². The Kier molecular flexibility index (Phi) is 7.28. The lowest BCUT2D eigenvalue weighted by molar-refractivity contribution is -0.137. The second kappa shape index (κ2) is 7.59. The van der Waals surface area contributed by atoms with E-state index >= 15 is 0 Å². The summed E-state index contributed by atoms with van der Waals surface area (Å²) in [6, 6.07) is 0. The number of aliphatic hydroxyl groups excluding tert-OH is 1. The lowest BCUT2D eigenvalue weighted by Gasteiger charge is -2.21. The smallest absolute Gasteiger partial charge is 0.385 e. The summed E-state index contributed by atoms with van der Waals surface area (Å²) in [5.74, 6) is -1.21. The number of nitrogens with zero attached hydrogens (tertiary/aromatic N) is 1. The quantitative estimate of drug-likeness (QED) is 0.616. The molecule has 0 saturated carbocycles. The number of hydrogen-bond donors (Lipinski definition) is 1. The van der Waals surface area contributed by atoms with E-state index in [-0.39, 0.29) is 19.4 Å². The molecule has 0 bridgehead atoms. The summed E-state index contributed by atoms with van der Waals surface area (Å²) in [5, 5.41) is 8.44. The van der Waals surface area contributed by atoms with Crippen molar-refractivity contribution in [2.24, 2.45) is 0 Å². The van der Waals surface area contributed by atoms with Gasteiger partial charge in [-0.3, -0.25) is 0 Å². The first kappa shape index (κ1) is 16.3. The van der Waals surface area contributed by atoms with E-state index in [0.29, 0.717) is 6.42 Å². The molecule has 7 nitrogen and oxygen atoms in total. The minimum absolute atomic E-state index is 0.141. The topological polar surface area (TPSA) is 93.1 Å². The van der Waals surface area contributed by atoms with E-state index in [9.17, 15) is 13.2 Å². The van der Waals surface area contributed by atoms with Gasteiger partial charge in [0, 0.05) is 6.54 Å². The number of carbonyl (C=O) groups is 1. The van der Waals surface area contributed by atoms with E-state index < -0.39 is 22.9 Å². The molecular weight excluding hydrogens is 250 g/mol. The van der Waals surface area contributed by atoms with Crippen LogP contribution in [-0.2, 0) is 24.0 Å². The molecule has 0 rings (SSSR count). The molecule has 0 aromatic carbocycles. The van der Waals surface area contributed by atoms with Gasteiger partial charge in [-0.25, -0.2) is 4.79 Å². The molecule has 0 aromatic heterocycles. The molecule has 0 amide bonds. The first-order valence-electron chi connectivity index (χ1n) is 5.28. The van der Waals surface area contributed by atoms with E-state index in [4.69, 9.17) is 9.84 Å². The Hall–Kier alpha value is -0.700. The fraction of sp³-hybridized carbons (Fsp3) is 0.889. The van der Waals surface area contributed by atoms with Crippen molar-refractivity contribution in [2.75, 3.05) is 19.9 Å². The highest BCUT2D eigenvalue weighted by atomic mass is 32.2. The highest BCUT2D eigenvalue weighted by Crippen LogP contribution is 2.06. The molecule has 17 heavy (non-hydrogen) atoms. The SMILES string of the molecule is CCCN(COC(C)C)S(=O)(=O)OC(=O)CO. The zero-order chi connectivity index (χ0) is 13.5. The highest BCUT2D eigenvalue weighted by Gasteiger charge is 2.26. The Morgan fingerprint density at radius 2 is 2.00 bits per heavy atom. The van der Waals surface area contributed by atoms with Gasteiger partial charge in [0.2, 0.25) is 0 Å². The van der Waals surface area contributed by atoms with E-state index in [1.54, 1.807) is 20.8 Å². The van der Waals surface area contributed by atoms with Crippen molar-refractivity contribution in [2.45, 2.75) is 33.3 Å². The molecular formula is C9H19NO6S. The van der Waals surface area contributed by atoms with Crippen molar-refractivity contribution in [3.8, 4) is 0 Å². The van der Waals surface area contributed by atoms with E-state index in [1.807, 2.05) is 0 Å². The maximum Gasteiger partial charge on any atom is 0.389 e. The monoisotopic (exact) mass is 269 g/mol. The predicted molar refractivity (Wildman–Crippen MR) is 60.2 cm³/mol. The van der Waals surface area contributed by atoms with Crippen LogP contribution in [0.4, 0.5) is 0 Å². The van der Waals surface area contributed by atoms with Crippen molar-refractivity contribution < 1.29 is 27.2 Å². The van der Waals surface area contributed by atoms with Crippen LogP contribution in [0, 0.1) is 0 Å². The molecule has 0 spiro atoms. The molecule has 0 atom stereocenters. The molecule has 1 N–H and O–H groups in total. The molecule has 8 heteroatoms. The zero-order valence-electron chi connectivity index (χ0n) is 10.2. The van der Waals surface area contributed by atoms with Crippen molar-refractivity contribution in [1.29, 1.82) is 0 Å². The molecule has 0 unspecified atom stereocenters. The fourth-order valence-electron chi connectivity index (χ4n) is 0.919. The molecule has 0 aliphatic carbocycles. The van der Waals surface area contributed by atoms with Gasteiger partial charge in [0.15, 0.2) is 0 Å². The van der Waals surface area contributed by atoms with Crippen molar-refractivity contribution in [1.82, 2.24) is 4.31 Å². The van der Waals surface area contributed by atoms with Crippen LogP contribution in [0.5, 0.6) is 0 Å².